The average molecular weight is 217 g/mol. The topological polar surface area (TPSA) is 70.3 Å². The van der Waals surface area contributed by atoms with E-state index < -0.39 is 10.1 Å². The quantitative estimate of drug-likeness (QED) is 0.435. The second-order valence-corrected chi connectivity index (χ2v) is 4.19. The van der Waals surface area contributed by atoms with E-state index >= 15 is 0 Å². The summed E-state index contributed by atoms with van der Waals surface area (Å²) >= 11 is 0. The van der Waals surface area contributed by atoms with E-state index in [-0.39, 0.29) is 0 Å². The number of hydrogen-bond acceptors (Lipinski definition) is 4. The van der Waals surface area contributed by atoms with E-state index in [4.69, 9.17) is 17.7 Å². The van der Waals surface area contributed by atoms with Crippen molar-refractivity contribution in [2.24, 2.45) is 0 Å². The lowest BCUT2D eigenvalue weighted by Gasteiger charge is -1.90. The second-order valence-electron chi connectivity index (χ2n) is 2.78. The first-order valence-corrected chi connectivity index (χ1v) is 5.80. The highest BCUT2D eigenvalue weighted by Crippen LogP contribution is 2.05. The fourth-order valence-electron chi connectivity index (χ4n) is 1.02. The van der Waals surface area contributed by atoms with E-state index in [1.807, 2.05) is 24.4 Å². The van der Waals surface area contributed by atoms with Crippen molar-refractivity contribution in [2.75, 3.05) is 12.9 Å². The first-order chi connectivity index (χ1) is 6.47. The largest absolute Gasteiger partial charge is 0.748 e. The maximum Gasteiger partial charge on any atom is 0.368 e. The predicted octanol–water partition coefficient (Wildman–Crippen LogP) is -0.472. The van der Waals surface area contributed by atoms with E-state index in [1.165, 1.54) is 0 Å². The molecule has 2 heterocycles. The fourth-order valence-corrected chi connectivity index (χ4v) is 1.02. The normalized spacial score (nSPS) is 13.6. The van der Waals surface area contributed by atoms with Crippen molar-refractivity contribution in [3.63, 3.8) is 0 Å². The highest BCUT2D eigenvalue weighted by molar-refractivity contribution is 7.84. The molecule has 0 saturated carbocycles. The molecule has 0 amide bonds. The molecule has 1 aliphatic heterocycles. The van der Waals surface area contributed by atoms with Crippen LogP contribution in [0.3, 0.4) is 0 Å². The molecule has 0 fully saturated rings. The van der Waals surface area contributed by atoms with E-state index in [0.29, 0.717) is 6.26 Å². The van der Waals surface area contributed by atoms with Gasteiger partial charge in [0, 0.05) is 12.3 Å². The average Bonchev–Trinajstić information content (AvgIpc) is 2.47. The number of aromatic nitrogens is 1. The van der Waals surface area contributed by atoms with Crippen LogP contribution in [0, 0.1) is 0 Å². The van der Waals surface area contributed by atoms with Crippen LogP contribution in [0.5, 0.6) is 5.88 Å². The van der Waals surface area contributed by atoms with Crippen molar-refractivity contribution in [2.45, 2.75) is 6.54 Å². The smallest absolute Gasteiger partial charge is 0.368 e. The molecule has 5 nitrogen and oxygen atoms in total. The molecule has 2 rings (SSSR count). The fraction of sp³-hybridized carbons (Fsp3) is 0.375. The molecule has 0 bridgehead atoms. The zero-order valence-electron chi connectivity index (χ0n) is 7.71. The molecule has 6 heteroatoms. The minimum atomic E-state index is -3.92. The first kappa shape index (κ1) is 10.9. The summed E-state index contributed by atoms with van der Waals surface area (Å²) in [4.78, 5) is 0. The number of hydrogen-bond donors (Lipinski definition) is 0. The summed E-state index contributed by atoms with van der Waals surface area (Å²) in [5.74, 6) is 0.984. The number of nitrogens with zero attached hydrogens (tertiary/aromatic N) is 1. The first-order valence-electron chi connectivity index (χ1n) is 3.99. The molecule has 1 aromatic heterocycles. The lowest BCUT2D eigenvalue weighted by atomic mass is 10.5. The molecule has 0 spiro atoms. The van der Waals surface area contributed by atoms with Crippen molar-refractivity contribution in [3.05, 3.63) is 24.4 Å². The van der Waals surface area contributed by atoms with Crippen molar-refractivity contribution in [3.8, 4) is 5.88 Å². The number of ether oxygens (including phenoxy) is 1. The minimum absolute atomic E-state index is 0.604. The monoisotopic (exact) mass is 217 g/mol. The molecule has 0 aromatic carbocycles. The van der Waals surface area contributed by atoms with Crippen LogP contribution in [0.1, 0.15) is 0 Å². The van der Waals surface area contributed by atoms with Gasteiger partial charge in [-0.2, -0.15) is 4.57 Å². The SMILES string of the molecule is CS(=O)(=O)[O-].c1cc[n+]2c(c1)OCC2. The van der Waals surface area contributed by atoms with Gasteiger partial charge in [-0.25, -0.2) is 8.42 Å². The number of fused-ring (bicyclic) bond motifs is 1. The van der Waals surface area contributed by atoms with Gasteiger partial charge in [0.25, 0.3) is 0 Å². The van der Waals surface area contributed by atoms with Gasteiger partial charge >= 0.3 is 5.88 Å². The highest BCUT2D eigenvalue weighted by atomic mass is 32.2. The molecule has 0 N–H and O–H groups in total. The number of pyridine rings is 1. The van der Waals surface area contributed by atoms with Crippen LogP contribution >= 0.6 is 0 Å². The van der Waals surface area contributed by atoms with Gasteiger partial charge in [-0.3, -0.25) is 0 Å². The third-order valence-corrected chi connectivity index (χ3v) is 1.48. The third kappa shape index (κ3) is 4.20. The van der Waals surface area contributed by atoms with Gasteiger partial charge in [-0.15, -0.1) is 0 Å². The predicted molar refractivity (Wildman–Crippen MR) is 47.8 cm³/mol. The zero-order chi connectivity index (χ0) is 10.6. The van der Waals surface area contributed by atoms with Gasteiger partial charge in [-0.05, 0) is 6.07 Å². The van der Waals surface area contributed by atoms with Crippen molar-refractivity contribution in [1.29, 1.82) is 0 Å². The van der Waals surface area contributed by atoms with Gasteiger partial charge in [0.2, 0.25) is 0 Å². The van der Waals surface area contributed by atoms with Crippen LogP contribution in [0.4, 0.5) is 0 Å². The van der Waals surface area contributed by atoms with Crippen LogP contribution in [0.2, 0.25) is 0 Å². The molecular weight excluding hydrogens is 206 g/mol. The summed E-state index contributed by atoms with van der Waals surface area (Å²) in [6.45, 7) is 1.82. The van der Waals surface area contributed by atoms with Gasteiger partial charge in [-0.1, -0.05) is 0 Å². The van der Waals surface area contributed by atoms with E-state index in [1.54, 1.807) is 0 Å². The summed E-state index contributed by atoms with van der Waals surface area (Å²) in [6, 6.07) is 5.97. The third-order valence-electron chi connectivity index (χ3n) is 1.48. The van der Waals surface area contributed by atoms with E-state index in [0.717, 1.165) is 19.0 Å². The Morgan fingerprint density at radius 1 is 1.50 bits per heavy atom. The van der Waals surface area contributed by atoms with E-state index in [2.05, 4.69) is 4.57 Å². The van der Waals surface area contributed by atoms with Crippen molar-refractivity contribution < 1.29 is 22.3 Å². The summed E-state index contributed by atoms with van der Waals surface area (Å²) < 4.78 is 34.6. The van der Waals surface area contributed by atoms with Gasteiger partial charge < -0.3 is 9.29 Å². The maximum absolute atomic E-state index is 9.08. The minimum Gasteiger partial charge on any atom is -0.748 e. The van der Waals surface area contributed by atoms with Crippen LogP contribution in [-0.2, 0) is 16.7 Å². The maximum atomic E-state index is 9.08. The Bertz CT molecular complexity index is 371. The highest BCUT2D eigenvalue weighted by Gasteiger charge is 2.16. The molecular formula is C8H11NO4S. The Labute approximate surface area is 82.7 Å². The molecule has 78 valence electrons. The van der Waals surface area contributed by atoms with Crippen LogP contribution in [0.15, 0.2) is 24.4 Å². The van der Waals surface area contributed by atoms with Gasteiger partial charge in [0.05, 0.1) is 16.2 Å². The molecule has 0 unspecified atom stereocenters. The standard InChI is InChI=1S/C7H8NO.CH4O3S/c1-2-4-8-5-6-9-7(8)3-1;1-5(2,3)4/h1-4H,5-6H2;1H3,(H,2,3,4)/q+1;/p-1. The lowest BCUT2D eigenvalue weighted by molar-refractivity contribution is -0.679. The lowest BCUT2D eigenvalue weighted by Crippen LogP contribution is -2.28. The summed E-state index contributed by atoms with van der Waals surface area (Å²) in [7, 11) is -3.92. The van der Waals surface area contributed by atoms with E-state index in [9.17, 15) is 0 Å². The molecule has 14 heavy (non-hydrogen) atoms. The molecule has 0 radical (unpaired) electrons. The van der Waals surface area contributed by atoms with Crippen LogP contribution in [0.25, 0.3) is 0 Å². The Morgan fingerprint density at radius 2 is 2.14 bits per heavy atom. The second kappa shape index (κ2) is 4.39. The summed E-state index contributed by atoms with van der Waals surface area (Å²) in [5.41, 5.74) is 0. The summed E-state index contributed by atoms with van der Waals surface area (Å²) in [6.07, 6.45) is 2.63. The molecule has 1 aliphatic rings. The molecule has 0 aliphatic carbocycles. The summed E-state index contributed by atoms with van der Waals surface area (Å²) in [5, 5.41) is 0. The van der Waals surface area contributed by atoms with Crippen LogP contribution in [-0.4, -0.2) is 25.8 Å². The van der Waals surface area contributed by atoms with Crippen molar-refractivity contribution >= 4 is 10.1 Å². The zero-order valence-corrected chi connectivity index (χ0v) is 8.53. The number of rotatable bonds is 0. The Hall–Kier alpha value is -1.14. The molecule has 0 saturated heterocycles. The molecule has 0 atom stereocenters. The Kier molecular flexibility index (Phi) is 3.43. The van der Waals surface area contributed by atoms with Crippen LogP contribution < -0.4 is 9.30 Å². The Balaban J connectivity index is 0.000000171. The Morgan fingerprint density at radius 3 is 2.71 bits per heavy atom. The molecule has 1 aromatic rings. The van der Waals surface area contributed by atoms with Crippen molar-refractivity contribution in [1.82, 2.24) is 0 Å². The van der Waals surface area contributed by atoms with Gasteiger partial charge in [0.1, 0.15) is 0 Å². The van der Waals surface area contributed by atoms with Gasteiger partial charge in [0.15, 0.2) is 19.3 Å².